The minimum atomic E-state index is -0.362. The highest BCUT2D eigenvalue weighted by Crippen LogP contribution is 2.04. The first-order chi connectivity index (χ1) is 9.65. The van der Waals surface area contributed by atoms with Gasteiger partial charge < -0.3 is 14.4 Å². The molecule has 0 aliphatic heterocycles. The summed E-state index contributed by atoms with van der Waals surface area (Å²) in [5, 5.41) is 0. The zero-order valence-corrected chi connectivity index (χ0v) is 16.0. The molecule has 6 heteroatoms. The van der Waals surface area contributed by atoms with Gasteiger partial charge in [-0.25, -0.2) is 0 Å². The predicted molar refractivity (Wildman–Crippen MR) is 97.6 cm³/mol. The highest BCUT2D eigenvalue weighted by atomic mass is 32.1. The Hall–Kier alpha value is 0.117. The Morgan fingerprint density at radius 3 is 2.40 bits per heavy atom. The van der Waals surface area contributed by atoms with E-state index in [9.17, 15) is 0 Å². The summed E-state index contributed by atoms with van der Waals surface area (Å²) in [5.74, 6) is 0.0747. The highest BCUT2D eigenvalue weighted by Gasteiger charge is 2.10. The number of thiocarbonyl (C=S) groups is 1. The van der Waals surface area contributed by atoms with Crippen molar-refractivity contribution in [2.45, 2.75) is 45.1 Å². The quantitative estimate of drug-likeness (QED) is 0.139. The SMILES string of the molecule is C=CCN(CCC[SiH2]C(OCCC)OCCC)C(=S)S. The Bertz CT molecular complexity index is 260. The van der Waals surface area contributed by atoms with Crippen molar-refractivity contribution < 1.29 is 9.47 Å². The summed E-state index contributed by atoms with van der Waals surface area (Å²) >= 11 is 9.34. The molecule has 0 fully saturated rings. The molecule has 0 aliphatic carbocycles. The van der Waals surface area contributed by atoms with Gasteiger partial charge in [0, 0.05) is 26.3 Å². The van der Waals surface area contributed by atoms with Gasteiger partial charge in [-0.2, -0.15) is 0 Å². The van der Waals surface area contributed by atoms with Crippen LogP contribution in [0.4, 0.5) is 0 Å². The van der Waals surface area contributed by atoms with Crippen LogP contribution in [0.25, 0.3) is 0 Å². The maximum atomic E-state index is 5.76. The second-order valence-electron chi connectivity index (χ2n) is 4.68. The number of ether oxygens (including phenoxy) is 2. The van der Waals surface area contributed by atoms with Gasteiger partial charge in [-0.15, -0.1) is 19.2 Å². The molecule has 0 atom stereocenters. The Morgan fingerprint density at radius 2 is 1.95 bits per heavy atom. The van der Waals surface area contributed by atoms with Crippen LogP contribution in [-0.4, -0.2) is 51.0 Å². The van der Waals surface area contributed by atoms with E-state index in [2.05, 4.69) is 38.0 Å². The molecule has 0 rings (SSSR count). The molecule has 0 aromatic heterocycles. The van der Waals surface area contributed by atoms with E-state index in [0.717, 1.165) is 45.6 Å². The van der Waals surface area contributed by atoms with Crippen molar-refractivity contribution in [1.82, 2.24) is 4.90 Å². The van der Waals surface area contributed by atoms with Crippen molar-refractivity contribution in [1.29, 1.82) is 0 Å². The van der Waals surface area contributed by atoms with E-state index in [1.165, 1.54) is 6.04 Å². The van der Waals surface area contributed by atoms with E-state index in [-0.39, 0.29) is 15.4 Å². The summed E-state index contributed by atoms with van der Waals surface area (Å²) in [6, 6.07) is 1.20. The highest BCUT2D eigenvalue weighted by molar-refractivity contribution is 8.10. The Labute approximate surface area is 137 Å². The van der Waals surface area contributed by atoms with Gasteiger partial charge in [0.2, 0.25) is 0 Å². The Kier molecular flexibility index (Phi) is 14.2. The molecule has 0 amide bonds. The van der Waals surface area contributed by atoms with Crippen molar-refractivity contribution in [3.8, 4) is 0 Å². The van der Waals surface area contributed by atoms with Crippen LogP contribution in [0.5, 0.6) is 0 Å². The summed E-state index contributed by atoms with van der Waals surface area (Å²) in [7, 11) is -0.362. The standard InChI is InChI=1S/C14H29NO2S2Si/c1-4-8-15(13(18)19)9-7-12-20-14(16-10-5-2)17-11-6-3/h4,14H,1,5-12,20H2,2-3H3,(H,18,19). The van der Waals surface area contributed by atoms with Crippen molar-refractivity contribution in [2.75, 3.05) is 26.3 Å². The number of hydrogen-bond acceptors (Lipinski definition) is 3. The lowest BCUT2D eigenvalue weighted by Crippen LogP contribution is -2.29. The fraction of sp³-hybridized carbons (Fsp3) is 0.786. The lowest BCUT2D eigenvalue weighted by Gasteiger charge is -2.22. The molecule has 0 aliphatic rings. The third-order valence-electron chi connectivity index (χ3n) is 2.75. The number of hydrogen-bond donors (Lipinski definition) is 1. The average Bonchev–Trinajstić information content (AvgIpc) is 2.43. The van der Waals surface area contributed by atoms with Gasteiger partial charge >= 0.3 is 0 Å². The maximum Gasteiger partial charge on any atom is 0.134 e. The molecule has 0 saturated heterocycles. The third-order valence-corrected chi connectivity index (χ3v) is 5.15. The topological polar surface area (TPSA) is 21.7 Å². The lowest BCUT2D eigenvalue weighted by atomic mass is 10.4. The van der Waals surface area contributed by atoms with Crippen LogP contribution in [-0.2, 0) is 9.47 Å². The Balaban J connectivity index is 3.89. The fourth-order valence-corrected chi connectivity index (χ4v) is 3.61. The van der Waals surface area contributed by atoms with Crippen LogP contribution in [0.1, 0.15) is 33.1 Å². The Morgan fingerprint density at radius 1 is 1.35 bits per heavy atom. The van der Waals surface area contributed by atoms with E-state index in [4.69, 9.17) is 21.7 Å². The minimum Gasteiger partial charge on any atom is -0.357 e. The van der Waals surface area contributed by atoms with Crippen LogP contribution in [0.15, 0.2) is 12.7 Å². The summed E-state index contributed by atoms with van der Waals surface area (Å²) < 4.78 is 12.2. The van der Waals surface area contributed by atoms with Crippen LogP contribution in [0.2, 0.25) is 6.04 Å². The zero-order chi connectivity index (χ0) is 15.2. The molecule has 3 nitrogen and oxygen atoms in total. The molecule has 0 spiro atoms. The van der Waals surface area contributed by atoms with Gasteiger partial charge in [0.1, 0.15) is 10.2 Å². The van der Waals surface area contributed by atoms with E-state index >= 15 is 0 Å². The largest absolute Gasteiger partial charge is 0.357 e. The molecule has 0 bridgehead atoms. The summed E-state index contributed by atoms with van der Waals surface area (Å²) in [6.45, 7) is 11.3. The molecular formula is C14H29NO2S2Si. The van der Waals surface area contributed by atoms with Crippen molar-refractivity contribution in [3.63, 3.8) is 0 Å². The van der Waals surface area contributed by atoms with Crippen LogP contribution >= 0.6 is 24.8 Å². The van der Waals surface area contributed by atoms with Crippen molar-refractivity contribution in [2.24, 2.45) is 0 Å². The predicted octanol–water partition coefficient (Wildman–Crippen LogP) is 2.80. The third kappa shape index (κ3) is 10.9. The smallest absolute Gasteiger partial charge is 0.134 e. The van der Waals surface area contributed by atoms with Gasteiger partial charge in [-0.05, 0) is 19.3 Å². The number of nitrogens with zero attached hydrogens (tertiary/aromatic N) is 1. The molecule has 0 heterocycles. The van der Waals surface area contributed by atoms with Crippen LogP contribution < -0.4 is 0 Å². The lowest BCUT2D eigenvalue weighted by molar-refractivity contribution is -0.0904. The number of thiol groups is 1. The van der Waals surface area contributed by atoms with Gasteiger partial charge in [0.15, 0.2) is 0 Å². The van der Waals surface area contributed by atoms with Crippen molar-refractivity contribution in [3.05, 3.63) is 12.7 Å². The molecule has 0 saturated carbocycles. The zero-order valence-electron chi connectivity index (χ0n) is 12.8. The molecule has 0 N–H and O–H groups in total. The van der Waals surface area contributed by atoms with Crippen LogP contribution in [0, 0.1) is 0 Å². The van der Waals surface area contributed by atoms with E-state index in [1.54, 1.807) is 0 Å². The van der Waals surface area contributed by atoms with E-state index < -0.39 is 0 Å². The molecule has 0 unspecified atom stereocenters. The number of rotatable bonds is 13. The molecule has 0 radical (unpaired) electrons. The second kappa shape index (κ2) is 14.1. The second-order valence-corrected chi connectivity index (χ2v) is 7.75. The first-order valence-corrected chi connectivity index (χ1v) is 10.1. The summed E-state index contributed by atoms with van der Waals surface area (Å²) in [5.41, 5.74) is 0. The molecular weight excluding hydrogens is 306 g/mol. The van der Waals surface area contributed by atoms with Gasteiger partial charge in [0.25, 0.3) is 0 Å². The van der Waals surface area contributed by atoms with Crippen molar-refractivity contribution >= 4 is 38.7 Å². The monoisotopic (exact) mass is 335 g/mol. The first-order valence-electron chi connectivity index (χ1n) is 7.47. The fourth-order valence-electron chi connectivity index (χ4n) is 1.75. The van der Waals surface area contributed by atoms with Gasteiger partial charge in [-0.1, -0.05) is 38.2 Å². The summed E-state index contributed by atoms with van der Waals surface area (Å²) in [6.07, 6.45) is 5.06. The molecule has 0 aromatic carbocycles. The molecule has 20 heavy (non-hydrogen) atoms. The van der Waals surface area contributed by atoms with E-state index in [1.807, 2.05) is 6.08 Å². The molecule has 0 aromatic rings. The maximum absolute atomic E-state index is 5.76. The minimum absolute atomic E-state index is 0.0747. The van der Waals surface area contributed by atoms with Gasteiger partial charge in [-0.3, -0.25) is 0 Å². The summed E-state index contributed by atoms with van der Waals surface area (Å²) in [4.78, 5) is 2.06. The first kappa shape index (κ1) is 20.1. The van der Waals surface area contributed by atoms with Gasteiger partial charge in [0.05, 0.1) is 9.52 Å². The molecule has 118 valence electrons. The average molecular weight is 336 g/mol. The van der Waals surface area contributed by atoms with Crippen LogP contribution in [0.3, 0.4) is 0 Å². The van der Waals surface area contributed by atoms with E-state index in [0.29, 0.717) is 4.32 Å². The normalized spacial score (nSPS) is 11.4.